The molecule has 0 bridgehead atoms. The largest absolute Gasteiger partial charge is 0.478 e. The average Bonchev–Trinajstić information content (AvgIpc) is 2.46. The van der Waals surface area contributed by atoms with Gasteiger partial charge in [0.15, 0.2) is 0 Å². The summed E-state index contributed by atoms with van der Waals surface area (Å²) < 4.78 is 0. The van der Waals surface area contributed by atoms with Gasteiger partial charge >= 0.3 is 12.0 Å². The fraction of sp³-hybridized carbons (Fsp3) is 0.429. The van der Waals surface area contributed by atoms with Crippen LogP contribution >= 0.6 is 0 Å². The van der Waals surface area contributed by atoms with Crippen LogP contribution in [0.15, 0.2) is 24.3 Å². The van der Waals surface area contributed by atoms with Gasteiger partial charge in [0.1, 0.15) is 0 Å². The molecule has 0 unspecified atom stereocenters. The fourth-order valence-electron chi connectivity index (χ4n) is 2.12. The molecule has 0 radical (unpaired) electrons. The van der Waals surface area contributed by atoms with Gasteiger partial charge in [0.2, 0.25) is 0 Å². The fourth-order valence-corrected chi connectivity index (χ4v) is 2.12. The Morgan fingerprint density at radius 1 is 1.20 bits per heavy atom. The lowest BCUT2D eigenvalue weighted by Gasteiger charge is -2.29. The Morgan fingerprint density at radius 2 is 1.80 bits per heavy atom. The number of aliphatic hydroxyl groups is 1. The number of piperidine rings is 1. The summed E-state index contributed by atoms with van der Waals surface area (Å²) in [6, 6.07) is 6.24. The number of carbonyl (C=O) groups is 2. The number of aliphatic hydroxyl groups excluding tert-OH is 1. The van der Waals surface area contributed by atoms with Gasteiger partial charge in [-0.15, -0.1) is 0 Å². The number of rotatable bonds is 3. The van der Waals surface area contributed by atoms with Crippen molar-refractivity contribution in [2.45, 2.75) is 25.5 Å². The highest BCUT2D eigenvalue weighted by Gasteiger charge is 2.20. The molecule has 1 aliphatic heterocycles. The molecule has 1 aliphatic rings. The third-order valence-corrected chi connectivity index (χ3v) is 3.40. The molecular weight excluding hydrogens is 260 g/mol. The van der Waals surface area contributed by atoms with E-state index in [4.69, 9.17) is 5.11 Å². The van der Waals surface area contributed by atoms with Crippen molar-refractivity contribution in [3.8, 4) is 0 Å². The lowest BCUT2D eigenvalue weighted by atomic mass is 10.1. The minimum Gasteiger partial charge on any atom is -0.478 e. The molecule has 6 nitrogen and oxygen atoms in total. The van der Waals surface area contributed by atoms with Gasteiger partial charge in [0.05, 0.1) is 11.7 Å². The van der Waals surface area contributed by atoms with E-state index in [2.05, 4.69) is 5.32 Å². The second-order valence-corrected chi connectivity index (χ2v) is 4.88. The summed E-state index contributed by atoms with van der Waals surface area (Å²) in [6.45, 7) is 1.48. The van der Waals surface area contributed by atoms with E-state index in [1.54, 1.807) is 17.0 Å². The Morgan fingerprint density at radius 3 is 2.35 bits per heavy atom. The molecule has 1 aromatic carbocycles. The van der Waals surface area contributed by atoms with Gasteiger partial charge in [-0.25, -0.2) is 9.59 Å². The van der Waals surface area contributed by atoms with Crippen LogP contribution in [0.5, 0.6) is 0 Å². The van der Waals surface area contributed by atoms with Crippen LogP contribution in [0.4, 0.5) is 4.79 Å². The Labute approximate surface area is 117 Å². The van der Waals surface area contributed by atoms with Crippen molar-refractivity contribution in [1.29, 1.82) is 0 Å². The maximum Gasteiger partial charge on any atom is 0.335 e. The summed E-state index contributed by atoms with van der Waals surface area (Å²) in [4.78, 5) is 24.3. The molecule has 1 heterocycles. The minimum atomic E-state index is -0.965. The summed E-state index contributed by atoms with van der Waals surface area (Å²) in [5.41, 5.74) is 1.07. The van der Waals surface area contributed by atoms with Crippen molar-refractivity contribution in [3.63, 3.8) is 0 Å². The first-order valence-corrected chi connectivity index (χ1v) is 6.59. The topological polar surface area (TPSA) is 89.9 Å². The number of nitrogens with one attached hydrogen (secondary N) is 1. The second kappa shape index (κ2) is 6.38. The van der Waals surface area contributed by atoms with E-state index in [0.29, 0.717) is 32.5 Å². The lowest BCUT2D eigenvalue weighted by molar-refractivity contribution is 0.0696. The van der Waals surface area contributed by atoms with E-state index >= 15 is 0 Å². The van der Waals surface area contributed by atoms with E-state index in [1.807, 2.05) is 0 Å². The Balaban J connectivity index is 1.82. The Kier molecular flexibility index (Phi) is 4.57. The van der Waals surface area contributed by atoms with Crippen molar-refractivity contribution in [3.05, 3.63) is 35.4 Å². The molecule has 3 N–H and O–H groups in total. The number of hydrogen-bond donors (Lipinski definition) is 3. The minimum absolute atomic E-state index is 0.154. The van der Waals surface area contributed by atoms with Gasteiger partial charge in [-0.2, -0.15) is 0 Å². The number of carboxylic acids is 1. The second-order valence-electron chi connectivity index (χ2n) is 4.88. The predicted octanol–water partition coefficient (Wildman–Crippen LogP) is 1.05. The molecule has 0 aromatic heterocycles. The summed E-state index contributed by atoms with van der Waals surface area (Å²) in [7, 11) is 0. The zero-order chi connectivity index (χ0) is 14.5. The molecule has 0 atom stereocenters. The quantitative estimate of drug-likeness (QED) is 0.771. The van der Waals surface area contributed by atoms with E-state index in [1.165, 1.54) is 12.1 Å². The van der Waals surface area contributed by atoms with Crippen LogP contribution in [-0.2, 0) is 6.54 Å². The number of benzene rings is 1. The van der Waals surface area contributed by atoms with E-state index in [0.717, 1.165) is 5.56 Å². The normalized spacial score (nSPS) is 15.9. The number of carboxylic acid groups (broad SMARTS) is 1. The van der Waals surface area contributed by atoms with E-state index in [9.17, 15) is 14.7 Å². The highest BCUT2D eigenvalue weighted by Crippen LogP contribution is 2.10. The molecule has 1 aromatic rings. The molecule has 2 amide bonds. The van der Waals surface area contributed by atoms with Crippen LogP contribution < -0.4 is 5.32 Å². The number of likely N-dealkylation sites (tertiary alicyclic amines) is 1. The van der Waals surface area contributed by atoms with Crippen molar-refractivity contribution in [2.24, 2.45) is 0 Å². The van der Waals surface area contributed by atoms with Crippen LogP contribution in [0.3, 0.4) is 0 Å². The zero-order valence-electron chi connectivity index (χ0n) is 11.1. The van der Waals surface area contributed by atoms with Crippen LogP contribution in [-0.4, -0.2) is 46.3 Å². The van der Waals surface area contributed by atoms with Gasteiger partial charge in [-0.3, -0.25) is 0 Å². The third kappa shape index (κ3) is 3.71. The molecule has 0 aliphatic carbocycles. The Hall–Kier alpha value is -2.08. The van der Waals surface area contributed by atoms with Gasteiger partial charge in [0.25, 0.3) is 0 Å². The van der Waals surface area contributed by atoms with Crippen LogP contribution in [0.1, 0.15) is 28.8 Å². The number of nitrogens with zero attached hydrogens (tertiary/aromatic N) is 1. The Bertz CT molecular complexity index is 478. The summed E-state index contributed by atoms with van der Waals surface area (Å²) in [6.07, 6.45) is 0.921. The van der Waals surface area contributed by atoms with Crippen LogP contribution in [0, 0.1) is 0 Å². The zero-order valence-corrected chi connectivity index (χ0v) is 11.1. The van der Waals surface area contributed by atoms with Gasteiger partial charge in [0, 0.05) is 19.6 Å². The molecule has 2 rings (SSSR count). The van der Waals surface area contributed by atoms with Crippen molar-refractivity contribution < 1.29 is 19.8 Å². The van der Waals surface area contributed by atoms with Crippen molar-refractivity contribution in [1.82, 2.24) is 10.2 Å². The number of amides is 2. The molecule has 0 spiro atoms. The van der Waals surface area contributed by atoms with Gasteiger partial charge < -0.3 is 20.4 Å². The van der Waals surface area contributed by atoms with E-state index in [-0.39, 0.29) is 17.7 Å². The number of hydrogen-bond acceptors (Lipinski definition) is 3. The standard InChI is InChI=1S/C14H18N2O4/c17-12-5-7-16(8-6-12)14(20)15-9-10-1-3-11(4-2-10)13(18)19/h1-4,12,17H,5-9H2,(H,15,20)(H,18,19). The monoisotopic (exact) mass is 278 g/mol. The predicted molar refractivity (Wildman–Crippen MR) is 72.5 cm³/mol. The molecule has 20 heavy (non-hydrogen) atoms. The number of aromatic carboxylic acids is 1. The SMILES string of the molecule is O=C(O)c1ccc(CNC(=O)N2CCC(O)CC2)cc1. The summed E-state index contributed by atoms with van der Waals surface area (Å²) in [5, 5.41) is 21.0. The molecule has 0 saturated carbocycles. The first-order chi connectivity index (χ1) is 9.56. The molecule has 1 fully saturated rings. The summed E-state index contributed by atoms with van der Waals surface area (Å²) >= 11 is 0. The van der Waals surface area contributed by atoms with Crippen LogP contribution in [0.2, 0.25) is 0 Å². The molecule has 1 saturated heterocycles. The highest BCUT2D eigenvalue weighted by molar-refractivity contribution is 5.87. The van der Waals surface area contributed by atoms with Crippen molar-refractivity contribution in [2.75, 3.05) is 13.1 Å². The molecule has 108 valence electrons. The van der Waals surface area contributed by atoms with Crippen molar-refractivity contribution >= 4 is 12.0 Å². The third-order valence-electron chi connectivity index (χ3n) is 3.40. The molecular formula is C14H18N2O4. The first-order valence-electron chi connectivity index (χ1n) is 6.59. The van der Waals surface area contributed by atoms with Crippen LogP contribution in [0.25, 0.3) is 0 Å². The van der Waals surface area contributed by atoms with Gasteiger partial charge in [-0.05, 0) is 30.5 Å². The first kappa shape index (κ1) is 14.3. The van der Waals surface area contributed by atoms with Gasteiger partial charge in [-0.1, -0.05) is 12.1 Å². The maximum absolute atomic E-state index is 11.9. The number of carbonyl (C=O) groups excluding carboxylic acids is 1. The summed E-state index contributed by atoms with van der Waals surface area (Å²) in [5.74, 6) is -0.965. The molecule has 6 heteroatoms. The number of urea groups is 1. The maximum atomic E-state index is 11.9. The smallest absolute Gasteiger partial charge is 0.335 e. The highest BCUT2D eigenvalue weighted by atomic mass is 16.4. The average molecular weight is 278 g/mol. The van der Waals surface area contributed by atoms with E-state index < -0.39 is 5.97 Å². The lowest BCUT2D eigenvalue weighted by Crippen LogP contribution is -2.45.